The van der Waals surface area contributed by atoms with Crippen molar-refractivity contribution in [1.29, 1.82) is 0 Å². The lowest BCUT2D eigenvalue weighted by Crippen LogP contribution is -2.29. The fraction of sp³-hybridized carbons (Fsp3) is 0.263. The van der Waals surface area contributed by atoms with Gasteiger partial charge in [-0.3, -0.25) is 4.79 Å². The van der Waals surface area contributed by atoms with Crippen molar-refractivity contribution in [2.75, 3.05) is 6.61 Å². The van der Waals surface area contributed by atoms with E-state index in [1.807, 2.05) is 0 Å². The SMILES string of the molecule is O=C(Cc1cccc(C(=O)O)c1)NC1CCCOc2c(F)cccc21. The third-order valence-corrected chi connectivity index (χ3v) is 4.13. The third kappa shape index (κ3) is 3.96. The molecule has 0 spiro atoms. The van der Waals surface area contributed by atoms with Gasteiger partial charge in [-0.1, -0.05) is 24.3 Å². The Labute approximate surface area is 144 Å². The average Bonchev–Trinajstić information content (AvgIpc) is 2.78. The smallest absolute Gasteiger partial charge is 0.335 e. The molecule has 0 saturated heterocycles. The minimum absolute atomic E-state index is 0.0587. The summed E-state index contributed by atoms with van der Waals surface area (Å²) in [5.41, 5.74) is 1.38. The van der Waals surface area contributed by atoms with E-state index < -0.39 is 11.8 Å². The molecule has 0 aromatic heterocycles. The minimum atomic E-state index is -1.03. The summed E-state index contributed by atoms with van der Waals surface area (Å²) in [4.78, 5) is 23.4. The van der Waals surface area contributed by atoms with E-state index in [-0.39, 0.29) is 29.7 Å². The van der Waals surface area contributed by atoms with Gasteiger partial charge in [0.2, 0.25) is 5.91 Å². The number of aromatic carboxylic acids is 1. The van der Waals surface area contributed by atoms with Crippen LogP contribution < -0.4 is 10.1 Å². The van der Waals surface area contributed by atoms with Crippen molar-refractivity contribution < 1.29 is 23.8 Å². The lowest BCUT2D eigenvalue weighted by molar-refractivity contribution is -0.121. The van der Waals surface area contributed by atoms with Crippen molar-refractivity contribution in [2.45, 2.75) is 25.3 Å². The summed E-state index contributed by atoms with van der Waals surface area (Å²) in [7, 11) is 0. The number of ether oxygens (including phenoxy) is 1. The highest BCUT2D eigenvalue weighted by Gasteiger charge is 2.23. The molecule has 5 nitrogen and oxygen atoms in total. The average molecular weight is 343 g/mol. The molecule has 6 heteroatoms. The van der Waals surface area contributed by atoms with Crippen LogP contribution in [0.3, 0.4) is 0 Å². The lowest BCUT2D eigenvalue weighted by Gasteiger charge is -2.18. The molecular formula is C19H18FNO4. The summed E-state index contributed by atoms with van der Waals surface area (Å²) < 4.78 is 19.4. The van der Waals surface area contributed by atoms with Gasteiger partial charge in [-0.05, 0) is 36.6 Å². The number of carboxylic acids is 1. The van der Waals surface area contributed by atoms with E-state index in [1.165, 1.54) is 18.2 Å². The van der Waals surface area contributed by atoms with Crippen LogP contribution in [0.2, 0.25) is 0 Å². The maximum absolute atomic E-state index is 13.9. The van der Waals surface area contributed by atoms with E-state index in [0.29, 0.717) is 30.6 Å². The first-order valence-corrected chi connectivity index (χ1v) is 8.07. The Balaban J connectivity index is 1.74. The number of carbonyl (C=O) groups is 2. The monoisotopic (exact) mass is 343 g/mol. The maximum Gasteiger partial charge on any atom is 0.335 e. The van der Waals surface area contributed by atoms with Crippen LogP contribution in [0.1, 0.15) is 40.4 Å². The molecule has 2 N–H and O–H groups in total. The largest absolute Gasteiger partial charge is 0.490 e. The Morgan fingerprint density at radius 1 is 1.24 bits per heavy atom. The van der Waals surface area contributed by atoms with Crippen molar-refractivity contribution >= 4 is 11.9 Å². The summed E-state index contributed by atoms with van der Waals surface area (Å²) in [5.74, 6) is -1.52. The molecular weight excluding hydrogens is 325 g/mol. The van der Waals surface area contributed by atoms with Crippen LogP contribution in [0.5, 0.6) is 5.75 Å². The second-order valence-electron chi connectivity index (χ2n) is 5.95. The summed E-state index contributed by atoms with van der Waals surface area (Å²) >= 11 is 0. The predicted molar refractivity (Wildman–Crippen MR) is 89.1 cm³/mol. The van der Waals surface area contributed by atoms with E-state index in [4.69, 9.17) is 9.84 Å². The van der Waals surface area contributed by atoms with Gasteiger partial charge in [0, 0.05) is 5.56 Å². The fourth-order valence-electron chi connectivity index (χ4n) is 2.96. The molecule has 0 aliphatic carbocycles. The molecule has 1 atom stereocenters. The van der Waals surface area contributed by atoms with Crippen molar-refractivity contribution in [3.8, 4) is 5.75 Å². The second-order valence-corrected chi connectivity index (χ2v) is 5.95. The Bertz CT molecular complexity index is 806. The number of carbonyl (C=O) groups excluding carboxylic acids is 1. The predicted octanol–water partition coefficient (Wildman–Crippen LogP) is 3.10. The van der Waals surface area contributed by atoms with Crippen molar-refractivity contribution in [1.82, 2.24) is 5.32 Å². The lowest BCUT2D eigenvalue weighted by atomic mass is 10.0. The van der Waals surface area contributed by atoms with Crippen LogP contribution >= 0.6 is 0 Å². The summed E-state index contributed by atoms with van der Waals surface area (Å²) in [5, 5.41) is 11.9. The number of hydrogen-bond acceptors (Lipinski definition) is 3. The molecule has 0 fully saturated rings. The van der Waals surface area contributed by atoms with E-state index in [2.05, 4.69) is 5.32 Å². The van der Waals surface area contributed by atoms with Crippen LogP contribution in [0.15, 0.2) is 42.5 Å². The number of fused-ring (bicyclic) bond motifs is 1. The summed E-state index contributed by atoms with van der Waals surface area (Å²) in [6.45, 7) is 0.404. The first kappa shape index (κ1) is 17.0. The van der Waals surface area contributed by atoms with Gasteiger partial charge in [-0.15, -0.1) is 0 Å². The number of para-hydroxylation sites is 1. The summed E-state index contributed by atoms with van der Waals surface area (Å²) in [6, 6.07) is 10.6. The molecule has 2 aromatic carbocycles. The van der Waals surface area contributed by atoms with E-state index in [1.54, 1.807) is 24.3 Å². The van der Waals surface area contributed by atoms with E-state index in [9.17, 15) is 14.0 Å². The standard InChI is InChI=1S/C19H18FNO4/c20-15-7-2-6-14-16(8-3-9-25-18(14)15)21-17(22)11-12-4-1-5-13(10-12)19(23)24/h1-2,4-7,10,16H,3,8-9,11H2,(H,21,22)(H,23,24). The first-order chi connectivity index (χ1) is 12.0. The Morgan fingerprint density at radius 3 is 2.84 bits per heavy atom. The molecule has 2 aromatic rings. The fourth-order valence-corrected chi connectivity index (χ4v) is 2.96. The zero-order chi connectivity index (χ0) is 17.8. The highest BCUT2D eigenvalue weighted by Crippen LogP contribution is 2.33. The number of carboxylic acid groups (broad SMARTS) is 1. The third-order valence-electron chi connectivity index (χ3n) is 4.13. The minimum Gasteiger partial charge on any atom is -0.490 e. The van der Waals surface area contributed by atoms with Crippen molar-refractivity contribution in [3.63, 3.8) is 0 Å². The number of halogens is 1. The molecule has 1 aliphatic heterocycles. The van der Waals surface area contributed by atoms with Gasteiger partial charge in [0.15, 0.2) is 11.6 Å². The molecule has 130 valence electrons. The number of benzene rings is 2. The van der Waals surface area contributed by atoms with Gasteiger partial charge in [0.05, 0.1) is 24.6 Å². The quantitative estimate of drug-likeness (QED) is 0.894. The van der Waals surface area contributed by atoms with Crippen LogP contribution in [0, 0.1) is 5.82 Å². The van der Waals surface area contributed by atoms with Crippen LogP contribution in [-0.4, -0.2) is 23.6 Å². The zero-order valence-electron chi connectivity index (χ0n) is 13.5. The summed E-state index contributed by atoms with van der Waals surface area (Å²) in [6.07, 6.45) is 1.41. The first-order valence-electron chi connectivity index (χ1n) is 8.07. The second kappa shape index (κ2) is 7.34. The molecule has 0 radical (unpaired) electrons. The number of rotatable bonds is 4. The Kier molecular flexibility index (Phi) is 4.97. The van der Waals surface area contributed by atoms with E-state index >= 15 is 0 Å². The highest BCUT2D eigenvalue weighted by molar-refractivity contribution is 5.88. The zero-order valence-corrected chi connectivity index (χ0v) is 13.5. The molecule has 3 rings (SSSR count). The van der Waals surface area contributed by atoms with Gasteiger partial charge in [-0.2, -0.15) is 0 Å². The molecule has 25 heavy (non-hydrogen) atoms. The topological polar surface area (TPSA) is 75.6 Å². The van der Waals surface area contributed by atoms with Crippen LogP contribution in [-0.2, 0) is 11.2 Å². The normalized spacial score (nSPS) is 16.3. The van der Waals surface area contributed by atoms with E-state index in [0.717, 1.165) is 0 Å². The van der Waals surface area contributed by atoms with Crippen molar-refractivity contribution in [3.05, 3.63) is 65.0 Å². The molecule has 0 bridgehead atoms. The van der Waals surface area contributed by atoms with Gasteiger partial charge in [0.25, 0.3) is 0 Å². The number of amides is 1. The van der Waals surface area contributed by atoms with Crippen LogP contribution in [0.4, 0.5) is 4.39 Å². The van der Waals surface area contributed by atoms with Gasteiger partial charge in [0.1, 0.15) is 0 Å². The molecule has 1 amide bonds. The molecule has 1 unspecified atom stereocenters. The van der Waals surface area contributed by atoms with Crippen molar-refractivity contribution in [2.24, 2.45) is 0 Å². The molecule has 1 aliphatic rings. The number of nitrogens with one attached hydrogen (secondary N) is 1. The molecule has 1 heterocycles. The van der Waals surface area contributed by atoms with Gasteiger partial charge >= 0.3 is 5.97 Å². The maximum atomic E-state index is 13.9. The molecule has 0 saturated carbocycles. The Morgan fingerprint density at radius 2 is 2.04 bits per heavy atom. The van der Waals surface area contributed by atoms with Crippen LogP contribution in [0.25, 0.3) is 0 Å². The number of hydrogen-bond donors (Lipinski definition) is 2. The Hall–Kier alpha value is -2.89. The van der Waals surface area contributed by atoms with Gasteiger partial charge < -0.3 is 15.2 Å². The highest BCUT2D eigenvalue weighted by atomic mass is 19.1. The van der Waals surface area contributed by atoms with Gasteiger partial charge in [-0.25, -0.2) is 9.18 Å².